The third-order valence-corrected chi connectivity index (χ3v) is 2.97. The zero-order valence-electron chi connectivity index (χ0n) is 12.3. The molecule has 0 radical (unpaired) electrons. The molecule has 0 aromatic carbocycles. The normalized spacial score (nSPS) is 12.8. The Kier molecular flexibility index (Phi) is 6.87. The van der Waals surface area contributed by atoms with Crippen LogP contribution in [-0.2, 0) is 23.9 Å². The molecular weight excluding hydrogens is 396 g/mol. The molecule has 0 aliphatic heterocycles. The lowest BCUT2D eigenvalue weighted by Crippen LogP contribution is -2.38. The van der Waals surface area contributed by atoms with Crippen LogP contribution in [-0.4, -0.2) is 40.1 Å². The molecule has 0 amide bonds. The molecule has 0 fully saturated rings. The highest BCUT2D eigenvalue weighted by Gasteiger charge is 2.34. The monoisotopic (exact) mass is 414 g/mol. The number of hydrogen-bond donors (Lipinski definition) is 0. The molecule has 0 heterocycles. The Balaban J connectivity index is 4.53. The summed E-state index contributed by atoms with van der Waals surface area (Å²) in [5.74, 6) is -0.976. The third kappa shape index (κ3) is 6.83. The average Bonchev–Trinajstić information content (AvgIpc) is 2.30. The maximum Gasteiger partial charge on any atom is 0.322 e. The van der Waals surface area contributed by atoms with Gasteiger partial charge in [0.05, 0.1) is 5.41 Å². The molecule has 0 N–H and O–H groups in total. The Morgan fingerprint density at radius 1 is 0.900 bits per heavy atom. The fourth-order valence-corrected chi connectivity index (χ4v) is 1.14. The van der Waals surface area contributed by atoms with Crippen LogP contribution >= 0.6 is 31.9 Å². The van der Waals surface area contributed by atoms with Crippen LogP contribution in [0.4, 0.5) is 0 Å². The van der Waals surface area contributed by atoms with Crippen molar-refractivity contribution in [2.75, 3.05) is 13.2 Å². The van der Waals surface area contributed by atoms with Gasteiger partial charge in [0.2, 0.25) is 0 Å². The van der Waals surface area contributed by atoms with E-state index in [0.29, 0.717) is 6.29 Å². The highest BCUT2D eigenvalue weighted by Crippen LogP contribution is 2.23. The van der Waals surface area contributed by atoms with Gasteiger partial charge in [0, 0.05) is 0 Å². The van der Waals surface area contributed by atoms with Gasteiger partial charge in [-0.3, -0.25) is 9.59 Å². The molecule has 0 bridgehead atoms. The van der Waals surface area contributed by atoms with Gasteiger partial charge in [-0.1, -0.05) is 31.9 Å². The lowest BCUT2D eigenvalue weighted by molar-refractivity contribution is -0.156. The summed E-state index contributed by atoms with van der Waals surface area (Å²) in [7, 11) is 0. The minimum absolute atomic E-state index is 0.152. The fourth-order valence-electron chi connectivity index (χ4n) is 0.914. The van der Waals surface area contributed by atoms with E-state index in [2.05, 4.69) is 31.9 Å². The van der Waals surface area contributed by atoms with Crippen molar-refractivity contribution in [3.8, 4) is 0 Å². The van der Waals surface area contributed by atoms with Crippen LogP contribution < -0.4 is 0 Å². The molecule has 0 saturated heterocycles. The molecule has 5 nitrogen and oxygen atoms in total. The summed E-state index contributed by atoms with van der Waals surface area (Å²) in [4.78, 5) is 34.4. The van der Waals surface area contributed by atoms with Crippen molar-refractivity contribution in [2.45, 2.75) is 43.3 Å². The van der Waals surface area contributed by atoms with Crippen molar-refractivity contribution in [1.82, 2.24) is 0 Å². The number of alkyl halides is 2. The van der Waals surface area contributed by atoms with Gasteiger partial charge in [-0.15, -0.1) is 0 Å². The van der Waals surface area contributed by atoms with Gasteiger partial charge in [0.25, 0.3) is 0 Å². The van der Waals surface area contributed by atoms with Gasteiger partial charge >= 0.3 is 11.9 Å². The van der Waals surface area contributed by atoms with Crippen LogP contribution in [0.15, 0.2) is 0 Å². The Morgan fingerprint density at radius 2 is 1.20 bits per heavy atom. The quantitative estimate of drug-likeness (QED) is 0.363. The number of ether oxygens (including phenoxy) is 2. The van der Waals surface area contributed by atoms with E-state index in [1.807, 2.05) is 0 Å². The lowest BCUT2D eigenvalue weighted by atomic mass is 9.95. The molecule has 0 atom stereocenters. The predicted octanol–water partition coefficient (Wildman–Crippen LogP) is 2.63. The van der Waals surface area contributed by atoms with Crippen molar-refractivity contribution in [3.05, 3.63) is 0 Å². The van der Waals surface area contributed by atoms with Gasteiger partial charge in [-0.25, -0.2) is 0 Å². The molecule has 0 aromatic heterocycles. The van der Waals surface area contributed by atoms with Gasteiger partial charge in [0.1, 0.15) is 28.1 Å². The first kappa shape index (κ1) is 19.6. The number of rotatable bonds is 7. The van der Waals surface area contributed by atoms with Crippen molar-refractivity contribution in [1.29, 1.82) is 0 Å². The zero-order valence-corrected chi connectivity index (χ0v) is 15.5. The smallest absolute Gasteiger partial charge is 0.322 e. The molecule has 7 heteroatoms. The maximum absolute atomic E-state index is 11.6. The average molecular weight is 416 g/mol. The van der Waals surface area contributed by atoms with Crippen molar-refractivity contribution in [3.63, 3.8) is 0 Å². The number of halogens is 2. The second kappa shape index (κ2) is 7.02. The van der Waals surface area contributed by atoms with Crippen LogP contribution in [0.2, 0.25) is 0 Å². The van der Waals surface area contributed by atoms with Gasteiger partial charge in [-0.2, -0.15) is 0 Å². The summed E-state index contributed by atoms with van der Waals surface area (Å²) < 4.78 is 8.46. The van der Waals surface area contributed by atoms with Gasteiger partial charge in [0.15, 0.2) is 0 Å². The van der Waals surface area contributed by atoms with E-state index in [1.165, 1.54) is 0 Å². The molecule has 0 unspecified atom stereocenters. The van der Waals surface area contributed by atoms with Crippen molar-refractivity contribution >= 4 is 50.1 Å². The summed E-state index contributed by atoms with van der Waals surface area (Å²) >= 11 is 6.33. The number of carbonyl (C=O) groups is 3. The van der Waals surface area contributed by atoms with Gasteiger partial charge in [-0.05, 0) is 34.6 Å². The van der Waals surface area contributed by atoms with Gasteiger partial charge < -0.3 is 14.3 Å². The van der Waals surface area contributed by atoms with E-state index in [-0.39, 0.29) is 13.2 Å². The van der Waals surface area contributed by atoms with E-state index < -0.39 is 26.0 Å². The molecule has 0 saturated carbocycles. The Morgan fingerprint density at radius 3 is 1.40 bits per heavy atom. The number of hydrogen-bond acceptors (Lipinski definition) is 5. The third-order valence-electron chi connectivity index (χ3n) is 2.32. The van der Waals surface area contributed by atoms with Crippen molar-refractivity contribution < 1.29 is 23.9 Å². The summed E-state index contributed by atoms with van der Waals surface area (Å²) in [6.07, 6.45) is 0.621. The molecule has 0 aromatic rings. The van der Waals surface area contributed by atoms with Crippen LogP contribution in [0.3, 0.4) is 0 Å². The first-order valence-electron chi connectivity index (χ1n) is 6.00. The van der Waals surface area contributed by atoms with E-state index >= 15 is 0 Å². The Labute approximate surface area is 136 Å². The summed E-state index contributed by atoms with van der Waals surface area (Å²) in [5, 5.41) is 0. The van der Waals surface area contributed by atoms with E-state index in [4.69, 9.17) is 9.47 Å². The number of aldehydes is 1. The number of esters is 2. The maximum atomic E-state index is 11.6. The number of carbonyl (C=O) groups excluding carboxylic acids is 3. The Bertz CT molecular complexity index is 349. The highest BCUT2D eigenvalue weighted by molar-refractivity contribution is 9.10. The van der Waals surface area contributed by atoms with E-state index in [0.717, 1.165) is 0 Å². The molecule has 116 valence electrons. The second-order valence-electron chi connectivity index (χ2n) is 5.87. The largest absolute Gasteiger partial charge is 0.463 e. The summed E-state index contributed by atoms with van der Waals surface area (Å²) in [6.45, 7) is 7.81. The highest BCUT2D eigenvalue weighted by atomic mass is 79.9. The van der Waals surface area contributed by atoms with Crippen LogP contribution in [0, 0.1) is 5.41 Å². The van der Waals surface area contributed by atoms with E-state index in [9.17, 15) is 14.4 Å². The van der Waals surface area contributed by atoms with E-state index in [1.54, 1.807) is 34.6 Å². The topological polar surface area (TPSA) is 69.7 Å². The predicted molar refractivity (Wildman–Crippen MR) is 82.1 cm³/mol. The molecule has 0 rings (SSSR count). The summed E-state index contributed by atoms with van der Waals surface area (Å²) in [5.41, 5.74) is -1.07. The first-order chi connectivity index (χ1) is 8.82. The SMILES string of the molecule is CC(C=O)(COC(=O)C(C)(C)Br)COC(=O)C(C)(C)Br. The standard InChI is InChI=1S/C13H20Br2O5/c1-11(2,14)9(17)19-7-13(5,6-16)8-20-10(18)12(3,4)15/h6H,7-8H2,1-5H3. The second-order valence-corrected chi connectivity index (χ2v) is 9.83. The van der Waals surface area contributed by atoms with Crippen LogP contribution in [0.25, 0.3) is 0 Å². The molecule has 20 heavy (non-hydrogen) atoms. The molecule has 0 aliphatic carbocycles. The first-order valence-corrected chi connectivity index (χ1v) is 7.59. The molecular formula is C13H20Br2O5. The summed E-state index contributed by atoms with van der Waals surface area (Å²) in [6, 6.07) is 0. The van der Waals surface area contributed by atoms with Crippen LogP contribution in [0.5, 0.6) is 0 Å². The van der Waals surface area contributed by atoms with Crippen LogP contribution in [0.1, 0.15) is 34.6 Å². The minimum Gasteiger partial charge on any atom is -0.463 e. The zero-order chi connectivity index (χ0) is 16.2. The molecule has 0 spiro atoms. The lowest BCUT2D eigenvalue weighted by Gasteiger charge is -2.25. The Hall–Kier alpha value is -0.430. The minimum atomic E-state index is -1.07. The molecule has 0 aliphatic rings. The fraction of sp³-hybridized carbons (Fsp3) is 0.769. The van der Waals surface area contributed by atoms with Crippen molar-refractivity contribution in [2.24, 2.45) is 5.41 Å².